The lowest BCUT2D eigenvalue weighted by atomic mass is 10.0. The molecule has 3 nitrogen and oxygen atoms in total. The summed E-state index contributed by atoms with van der Waals surface area (Å²) in [5.41, 5.74) is 0. The lowest BCUT2D eigenvalue weighted by Gasteiger charge is -2.16. The molecule has 0 bridgehead atoms. The molecule has 0 aliphatic carbocycles. The number of unbranched alkanes of at least 4 members (excludes halogenated alkanes) is 30. The minimum Gasteiger partial charge on any atom is -0.506 e. The first-order chi connectivity index (χ1) is 20.2. The van der Waals surface area contributed by atoms with Crippen molar-refractivity contribution >= 4 is 0 Å². The highest BCUT2D eigenvalue weighted by atomic mass is 35.6. The molecule has 0 saturated carbocycles. The second-order valence-electron chi connectivity index (χ2n) is 13.0. The number of hydrogen-bond donors (Lipinski definition) is 1. The lowest BCUT2D eigenvalue weighted by Crippen LogP contribution is -2.20. The van der Waals surface area contributed by atoms with E-state index in [-0.39, 0.29) is 11.3 Å². The van der Waals surface area contributed by atoms with Crippen LogP contribution < -0.4 is 4.66 Å². The molecule has 0 atom stereocenters. The van der Waals surface area contributed by atoms with Gasteiger partial charge < -0.3 is 9.56 Å². The van der Waals surface area contributed by atoms with Crippen LogP contribution in [-0.2, 0) is 0 Å². The van der Waals surface area contributed by atoms with Gasteiger partial charge in [-0.2, -0.15) is 0 Å². The second kappa shape index (κ2) is 42.3. The molecule has 0 saturated heterocycles. The van der Waals surface area contributed by atoms with Crippen LogP contribution in [0.25, 0.3) is 0 Å². The Balaban J connectivity index is 0. The maximum Gasteiger partial charge on any atom is 0.327 e. The SMILES string of the molecule is CCCCCCCCCCCCCCCCCCN(C)CCCCCCCCCCCCCCCCCC.[O-][Cl+]O. The maximum atomic E-state index is 8.35. The predicted octanol–water partition coefficient (Wildman–Crippen LogP) is 11.7. The highest BCUT2D eigenvalue weighted by Crippen LogP contribution is 2.15. The van der Waals surface area contributed by atoms with E-state index >= 15 is 0 Å². The van der Waals surface area contributed by atoms with Crippen LogP contribution in [-0.4, -0.2) is 29.7 Å². The fraction of sp³-hybridized carbons (Fsp3) is 1.00. The Kier molecular flexibility index (Phi) is 44.7. The molecule has 41 heavy (non-hydrogen) atoms. The quantitative estimate of drug-likeness (QED) is 0.0744. The van der Waals surface area contributed by atoms with Gasteiger partial charge in [-0.15, -0.1) is 4.66 Å². The van der Waals surface area contributed by atoms with Gasteiger partial charge in [-0.05, 0) is 33.0 Å². The van der Waals surface area contributed by atoms with Crippen molar-refractivity contribution in [2.45, 2.75) is 219 Å². The molecule has 0 aromatic heterocycles. The van der Waals surface area contributed by atoms with E-state index in [0.717, 1.165) is 0 Å². The number of rotatable bonds is 34. The zero-order valence-electron chi connectivity index (χ0n) is 28.7. The predicted molar refractivity (Wildman–Crippen MR) is 179 cm³/mol. The lowest BCUT2D eigenvalue weighted by molar-refractivity contribution is -1.27. The van der Waals surface area contributed by atoms with E-state index in [9.17, 15) is 0 Å². The van der Waals surface area contributed by atoms with Gasteiger partial charge in [0.05, 0.1) is 0 Å². The fourth-order valence-corrected chi connectivity index (χ4v) is 5.97. The molecule has 0 fully saturated rings. The summed E-state index contributed by atoms with van der Waals surface area (Å²) in [6.07, 6.45) is 46.8. The topological polar surface area (TPSA) is 46.5 Å². The minimum atomic E-state index is -0.167. The Morgan fingerprint density at radius 3 is 0.683 bits per heavy atom. The average Bonchev–Trinajstić information content (AvgIpc) is 2.97. The van der Waals surface area contributed by atoms with Crippen LogP contribution in [0.4, 0.5) is 0 Å². The van der Waals surface area contributed by atoms with Crippen molar-refractivity contribution in [1.82, 2.24) is 4.90 Å². The summed E-state index contributed by atoms with van der Waals surface area (Å²) in [7, 11) is 2.34. The summed E-state index contributed by atoms with van der Waals surface area (Å²) in [5.74, 6) is 0. The highest BCUT2D eigenvalue weighted by Gasteiger charge is 2.00. The smallest absolute Gasteiger partial charge is 0.327 e. The van der Waals surface area contributed by atoms with Crippen molar-refractivity contribution in [1.29, 1.82) is 0 Å². The molecular weight excluding hydrogens is 526 g/mol. The first kappa shape index (κ1) is 43.3. The zero-order valence-corrected chi connectivity index (χ0v) is 29.5. The van der Waals surface area contributed by atoms with Gasteiger partial charge in [0.2, 0.25) is 0 Å². The summed E-state index contributed by atoms with van der Waals surface area (Å²) in [4.78, 5) is 2.59. The summed E-state index contributed by atoms with van der Waals surface area (Å²) < 4.78 is 15.2. The van der Waals surface area contributed by atoms with E-state index in [4.69, 9.17) is 9.32 Å². The van der Waals surface area contributed by atoms with E-state index in [1.54, 1.807) is 0 Å². The Morgan fingerprint density at radius 1 is 0.366 bits per heavy atom. The first-order valence-electron chi connectivity index (χ1n) is 18.8. The molecule has 0 heterocycles. The van der Waals surface area contributed by atoms with Gasteiger partial charge in [-0.3, -0.25) is 0 Å². The minimum absolute atomic E-state index is 0.167. The summed E-state index contributed by atoms with van der Waals surface area (Å²) in [6.45, 7) is 7.25. The number of nitrogens with zero attached hydrogens (tertiary/aromatic N) is 1. The Morgan fingerprint density at radius 2 is 0.512 bits per heavy atom. The third-order valence-corrected chi connectivity index (χ3v) is 8.79. The van der Waals surface area contributed by atoms with Crippen LogP contribution in [0.3, 0.4) is 0 Å². The molecule has 0 aromatic carbocycles. The molecular formula is C37H78ClNO2. The van der Waals surface area contributed by atoms with Crippen molar-refractivity contribution in [3.05, 3.63) is 0 Å². The van der Waals surface area contributed by atoms with Crippen LogP contribution in [0.2, 0.25) is 0 Å². The Labute approximate surface area is 264 Å². The molecule has 0 unspecified atom stereocenters. The first-order valence-corrected chi connectivity index (χ1v) is 19.5. The molecule has 1 N–H and O–H groups in total. The summed E-state index contributed by atoms with van der Waals surface area (Å²) in [5, 5.41) is 0. The highest BCUT2D eigenvalue weighted by molar-refractivity contribution is 4.55. The molecule has 0 amide bonds. The van der Waals surface area contributed by atoms with E-state index in [1.165, 1.54) is 219 Å². The van der Waals surface area contributed by atoms with Crippen molar-refractivity contribution in [3.8, 4) is 0 Å². The van der Waals surface area contributed by atoms with Crippen molar-refractivity contribution in [2.75, 3.05) is 20.1 Å². The molecule has 0 spiro atoms. The van der Waals surface area contributed by atoms with Gasteiger partial charge in [-0.1, -0.05) is 206 Å². The standard InChI is InChI=1S/C37H77N.ClHO2/c1-4-6-8-10-12-14-16-18-20-22-24-26-28-30-32-34-36-38(3)37-35-33-31-29-27-25-23-21-19-17-15-13-11-9-7-5-2;2-1-3/h4-37H2,1-3H3;2H. The van der Waals surface area contributed by atoms with E-state index < -0.39 is 0 Å². The average molecular weight is 604 g/mol. The van der Waals surface area contributed by atoms with Gasteiger partial charge in [0, 0.05) is 0 Å². The summed E-state index contributed by atoms with van der Waals surface area (Å²) >= 11 is -0.167. The molecule has 4 heteroatoms. The molecule has 0 aliphatic rings. The monoisotopic (exact) mass is 604 g/mol. The van der Waals surface area contributed by atoms with Gasteiger partial charge in [0.1, 0.15) is 0 Å². The van der Waals surface area contributed by atoms with Crippen LogP contribution in [0, 0.1) is 11.3 Å². The largest absolute Gasteiger partial charge is 0.506 e. The Bertz CT molecular complexity index is 388. The molecule has 0 aromatic rings. The van der Waals surface area contributed by atoms with Gasteiger partial charge in [0.25, 0.3) is 0 Å². The van der Waals surface area contributed by atoms with Gasteiger partial charge >= 0.3 is 11.3 Å². The van der Waals surface area contributed by atoms with Crippen LogP contribution in [0.1, 0.15) is 219 Å². The van der Waals surface area contributed by atoms with Crippen molar-refractivity contribution < 1.29 is 20.6 Å². The molecule has 0 rings (SSSR count). The van der Waals surface area contributed by atoms with Gasteiger partial charge in [-0.25, -0.2) is 0 Å². The third kappa shape index (κ3) is 44.7. The zero-order chi connectivity index (χ0) is 30.3. The maximum absolute atomic E-state index is 8.35. The summed E-state index contributed by atoms with van der Waals surface area (Å²) in [6, 6.07) is 0. The van der Waals surface area contributed by atoms with Crippen LogP contribution in [0.15, 0.2) is 0 Å². The van der Waals surface area contributed by atoms with E-state index in [2.05, 4.69) is 25.8 Å². The third-order valence-electron chi connectivity index (χ3n) is 8.79. The molecule has 250 valence electrons. The van der Waals surface area contributed by atoms with Crippen molar-refractivity contribution in [3.63, 3.8) is 0 Å². The number of halogens is 1. The molecule has 0 aliphatic heterocycles. The van der Waals surface area contributed by atoms with Crippen LogP contribution in [0.5, 0.6) is 0 Å². The molecule has 0 radical (unpaired) electrons. The Hall–Kier alpha value is 0.170. The van der Waals surface area contributed by atoms with Crippen molar-refractivity contribution in [2.24, 2.45) is 0 Å². The second-order valence-corrected chi connectivity index (χ2v) is 13.1. The van der Waals surface area contributed by atoms with Crippen LogP contribution >= 0.6 is 0 Å². The normalized spacial score (nSPS) is 11.3. The number of hydrogen-bond acceptors (Lipinski definition) is 3. The fourth-order valence-electron chi connectivity index (χ4n) is 5.97. The van der Waals surface area contributed by atoms with E-state index in [0.29, 0.717) is 0 Å². The van der Waals surface area contributed by atoms with E-state index in [1.807, 2.05) is 0 Å². The van der Waals surface area contributed by atoms with Gasteiger partial charge in [0.15, 0.2) is 0 Å².